The van der Waals surface area contributed by atoms with Gasteiger partial charge in [-0.05, 0) is 18.1 Å². The molecular weight excluding hydrogens is 1090 g/mol. The van der Waals surface area contributed by atoms with Gasteiger partial charge in [0.2, 0.25) is 0 Å². The van der Waals surface area contributed by atoms with Crippen molar-refractivity contribution in [3.63, 3.8) is 0 Å². The number of nitrogens with zero attached hydrogens (tertiary/aromatic N) is 4. The quantitative estimate of drug-likeness (QED) is 0.152. The van der Waals surface area contributed by atoms with Crippen LogP contribution in [-0.4, -0.2) is 18.5 Å². The van der Waals surface area contributed by atoms with Gasteiger partial charge in [-0.15, -0.1) is 0 Å². The van der Waals surface area contributed by atoms with Crippen molar-refractivity contribution in [2.45, 2.75) is 6.92 Å². The van der Waals surface area contributed by atoms with E-state index < -0.39 is 6.04 Å². The van der Waals surface area contributed by atoms with Crippen LogP contribution in [0.5, 0.6) is 11.5 Å². The van der Waals surface area contributed by atoms with Crippen molar-refractivity contribution in [1.29, 1.82) is 0 Å². The molecule has 0 aliphatic carbocycles. The molecule has 0 amide bonds. The molecular formula is C67H44N4O2Pt. The molecule has 14 rings (SSSR count). The van der Waals surface area contributed by atoms with Gasteiger partial charge in [0.15, 0.2) is 0 Å². The van der Waals surface area contributed by atoms with Crippen molar-refractivity contribution in [2.24, 2.45) is 0 Å². The average Bonchev–Trinajstić information content (AvgIpc) is 4.21. The first-order chi connectivity index (χ1) is 38.6. The number of pyridine rings is 1. The molecule has 6 nitrogen and oxygen atoms in total. The SMILES string of the molecule is [2H]c1c([2H])c([2H])c(-c2cnc(-n3c4ccccc4c4ccc(Oc5ccc6oc7c(-c8ccccc8)cccc7c7cccc8c7n([c](=[Pt])n8-c7c(-c8ccccc8)cccc7-c7ccccc7)c6c5)cc43)cc2C)c([2H])c1[2H]. The second kappa shape index (κ2) is 17.9. The molecule has 0 saturated carbocycles. The van der Waals surface area contributed by atoms with E-state index in [9.17, 15) is 0 Å². The van der Waals surface area contributed by atoms with Crippen molar-refractivity contribution in [3.8, 4) is 67.5 Å². The van der Waals surface area contributed by atoms with E-state index in [0.717, 1.165) is 97.6 Å². The van der Waals surface area contributed by atoms with E-state index >= 15 is 0 Å². The van der Waals surface area contributed by atoms with Gasteiger partial charge in [-0.2, -0.15) is 0 Å². The summed E-state index contributed by atoms with van der Waals surface area (Å²) in [5, 5.41) is 4.00. The Bertz CT molecular complexity index is 4830. The fourth-order valence-electron chi connectivity index (χ4n) is 10.7. The Morgan fingerprint density at radius 2 is 1.04 bits per heavy atom. The topological polar surface area (TPSA) is 49.5 Å². The van der Waals surface area contributed by atoms with Crippen LogP contribution in [0.1, 0.15) is 12.4 Å². The molecule has 0 aliphatic heterocycles. The number of imidazole rings is 1. The average molecular weight is 1140 g/mol. The van der Waals surface area contributed by atoms with E-state index in [1.54, 1.807) is 6.20 Å². The summed E-state index contributed by atoms with van der Waals surface area (Å²) in [6.07, 6.45) is 1.60. The first-order valence-electron chi connectivity index (χ1n) is 26.9. The summed E-state index contributed by atoms with van der Waals surface area (Å²) in [7, 11) is 0. The third-order valence-corrected chi connectivity index (χ3v) is 15.0. The van der Waals surface area contributed by atoms with Gasteiger partial charge in [0.05, 0.1) is 6.85 Å². The van der Waals surface area contributed by atoms with Crippen LogP contribution in [0.25, 0.3) is 116 Å². The molecule has 4 heterocycles. The predicted octanol–water partition coefficient (Wildman–Crippen LogP) is 17.7. The molecule has 74 heavy (non-hydrogen) atoms. The third kappa shape index (κ3) is 7.21. The van der Waals surface area contributed by atoms with Crippen LogP contribution in [0, 0.1) is 10.7 Å². The Labute approximate surface area is 444 Å². The van der Waals surface area contributed by atoms with Crippen molar-refractivity contribution < 1.29 is 35.4 Å². The molecule has 10 aromatic carbocycles. The van der Waals surface area contributed by atoms with Gasteiger partial charge in [0.1, 0.15) is 0 Å². The molecule has 0 spiro atoms. The summed E-state index contributed by atoms with van der Waals surface area (Å²) in [5.41, 5.74) is 14.7. The zero-order chi connectivity index (χ0) is 53.6. The molecule has 0 N–H and O–H groups in total. The van der Waals surface area contributed by atoms with Gasteiger partial charge in [0.25, 0.3) is 0 Å². The van der Waals surface area contributed by atoms with Crippen molar-refractivity contribution in [3.05, 3.63) is 258 Å². The van der Waals surface area contributed by atoms with Gasteiger partial charge in [-0.3, -0.25) is 0 Å². The minimum atomic E-state index is -0.434. The van der Waals surface area contributed by atoms with E-state index in [2.05, 4.69) is 197 Å². The fourth-order valence-corrected chi connectivity index (χ4v) is 11.7. The summed E-state index contributed by atoms with van der Waals surface area (Å²) in [6.45, 7) is 1.87. The Morgan fingerprint density at radius 1 is 0.473 bits per heavy atom. The molecule has 4 aromatic heterocycles. The first-order valence-corrected chi connectivity index (χ1v) is 25.5. The number of hydrogen-bond acceptors (Lipinski definition) is 3. The van der Waals surface area contributed by atoms with Crippen LogP contribution >= 0.6 is 0 Å². The molecule has 7 heteroatoms. The van der Waals surface area contributed by atoms with Crippen LogP contribution in [0.2, 0.25) is 0 Å². The summed E-state index contributed by atoms with van der Waals surface area (Å²) in [5.74, 6) is 1.79. The van der Waals surface area contributed by atoms with Crippen LogP contribution < -0.4 is 4.74 Å². The molecule has 0 unspecified atom stereocenters. The van der Waals surface area contributed by atoms with Gasteiger partial charge in [-0.1, -0.05) is 42.3 Å². The van der Waals surface area contributed by atoms with Crippen molar-refractivity contribution >= 4 is 60.3 Å². The minimum absolute atomic E-state index is 0.116. The van der Waals surface area contributed by atoms with E-state index in [0.29, 0.717) is 34.0 Å². The van der Waals surface area contributed by atoms with E-state index in [1.807, 2.05) is 55.5 Å². The van der Waals surface area contributed by atoms with Gasteiger partial charge < -0.3 is 0 Å². The number of benzene rings is 10. The molecule has 0 atom stereocenters. The van der Waals surface area contributed by atoms with Crippen molar-refractivity contribution in [1.82, 2.24) is 18.5 Å². The maximum absolute atomic E-state index is 8.69. The second-order valence-electron chi connectivity index (χ2n) is 18.3. The molecule has 354 valence electrons. The standard InChI is InChI=1S/C67H44N4O2.Pt/c1-44-39-64(68-42-58(44)48-25-12-5-13-26-48)71-59-33-15-14-27-54(59)55-37-35-49(40-61(55)71)72-50-36-38-63-62(41-50)70-43-69(65-51(45-19-6-2-7-20-45)28-16-29-52(65)46-21-8-3-9-22-46)60-34-18-31-56(66(60)70)57-32-17-30-53(67(57)73-63)47-23-10-4-11-24-47;/h2-42H,1H3;/i5D,12D,13D,25D,26D;. The normalized spacial score (nSPS) is 12.6. The second-order valence-corrected chi connectivity index (χ2v) is 19.3. The van der Waals surface area contributed by atoms with Crippen molar-refractivity contribution in [2.75, 3.05) is 0 Å². The number of aryl methyl sites for hydroxylation is 1. The summed E-state index contributed by atoms with van der Waals surface area (Å²) in [4.78, 5) is 4.92. The molecule has 0 fully saturated rings. The predicted molar refractivity (Wildman–Crippen MR) is 299 cm³/mol. The van der Waals surface area contributed by atoms with Gasteiger partial charge in [0, 0.05) is 11.8 Å². The van der Waals surface area contributed by atoms with Gasteiger partial charge >= 0.3 is 368 Å². The van der Waals surface area contributed by atoms with Crippen LogP contribution in [0.4, 0.5) is 0 Å². The number of fused-ring (bicyclic) bond motifs is 7. The molecule has 0 bridgehead atoms. The molecule has 0 radical (unpaired) electrons. The number of rotatable bonds is 8. The fraction of sp³-hybridized carbons (Fsp3) is 0.0149. The smallest absolute Gasteiger partial charge is 0.0616 e. The Balaban J connectivity index is 1.00. The molecule has 14 aromatic rings. The third-order valence-electron chi connectivity index (χ3n) is 14.0. The monoisotopic (exact) mass is 1140 g/mol. The number of aromatic nitrogens is 4. The molecule has 0 saturated heterocycles. The summed E-state index contributed by atoms with van der Waals surface area (Å²) < 4.78 is 64.2. The Morgan fingerprint density at radius 3 is 1.76 bits per heavy atom. The van der Waals surface area contributed by atoms with E-state index in [4.69, 9.17) is 21.0 Å². The Hall–Kier alpha value is -9.09. The number of hydrogen-bond donors (Lipinski definition) is 0. The summed E-state index contributed by atoms with van der Waals surface area (Å²) in [6, 6.07) is 71.5. The maximum atomic E-state index is 8.69. The zero-order valence-corrected chi connectivity index (χ0v) is 42.0. The van der Waals surface area contributed by atoms with Crippen LogP contribution in [0.15, 0.2) is 253 Å². The summed E-state index contributed by atoms with van der Waals surface area (Å²) >= 11 is 2.49. The number of ether oxygens (including phenoxy) is 1. The van der Waals surface area contributed by atoms with Crippen LogP contribution in [0.3, 0.4) is 0 Å². The minimum Gasteiger partial charge on any atom is -0.0616 e. The Kier molecular flexibility index (Phi) is 9.32. The first kappa shape index (κ1) is 38.6. The van der Waals surface area contributed by atoms with E-state index in [-0.39, 0.29) is 29.7 Å². The molecule has 0 aliphatic rings. The van der Waals surface area contributed by atoms with Gasteiger partial charge in [-0.25, -0.2) is 0 Å². The number of para-hydroxylation sites is 4. The van der Waals surface area contributed by atoms with Crippen LogP contribution in [-0.2, 0) is 19.4 Å². The zero-order valence-electron chi connectivity index (χ0n) is 44.7. The van der Waals surface area contributed by atoms with E-state index in [1.165, 1.54) is 0 Å².